The van der Waals surface area contributed by atoms with Gasteiger partial charge in [0.05, 0.1) is 16.4 Å². The third-order valence-electron chi connectivity index (χ3n) is 1.84. The second-order valence-corrected chi connectivity index (χ2v) is 4.01. The van der Waals surface area contributed by atoms with Crippen molar-refractivity contribution >= 4 is 15.9 Å². The summed E-state index contributed by atoms with van der Waals surface area (Å²) >= 11 is 3.29. The van der Waals surface area contributed by atoms with Crippen molar-refractivity contribution in [2.45, 2.75) is 6.92 Å². The molecule has 0 aliphatic carbocycles. The van der Waals surface area contributed by atoms with E-state index in [1.807, 2.05) is 13.0 Å². The predicted octanol–water partition coefficient (Wildman–Crippen LogP) is 3.08. The second kappa shape index (κ2) is 3.53. The fourth-order valence-corrected chi connectivity index (χ4v) is 1.58. The second-order valence-electron chi connectivity index (χ2n) is 3.09. The molecule has 72 valence electrons. The number of benzene rings is 1. The van der Waals surface area contributed by atoms with Crippen molar-refractivity contribution in [3.05, 3.63) is 46.4 Å². The molecule has 2 rings (SSSR count). The quantitative estimate of drug-likeness (QED) is 0.765. The van der Waals surface area contributed by atoms with Crippen molar-refractivity contribution < 1.29 is 4.39 Å². The van der Waals surface area contributed by atoms with Gasteiger partial charge in [0.1, 0.15) is 5.82 Å². The largest absolute Gasteiger partial charge is 0.240 e. The number of hydrogen-bond acceptors (Lipinski definition) is 1. The van der Waals surface area contributed by atoms with Gasteiger partial charge in [0.25, 0.3) is 0 Å². The first-order valence-corrected chi connectivity index (χ1v) is 4.92. The minimum absolute atomic E-state index is 0.244. The molecule has 0 fully saturated rings. The molecule has 0 amide bonds. The Morgan fingerprint density at radius 2 is 2.14 bits per heavy atom. The van der Waals surface area contributed by atoms with E-state index in [-0.39, 0.29) is 5.82 Å². The Morgan fingerprint density at radius 1 is 1.36 bits per heavy atom. The minimum atomic E-state index is -0.244. The number of rotatable bonds is 1. The van der Waals surface area contributed by atoms with E-state index in [0.29, 0.717) is 0 Å². The van der Waals surface area contributed by atoms with Gasteiger partial charge in [0.15, 0.2) is 0 Å². The van der Waals surface area contributed by atoms with Crippen LogP contribution in [0.4, 0.5) is 4.39 Å². The zero-order valence-electron chi connectivity index (χ0n) is 7.54. The summed E-state index contributed by atoms with van der Waals surface area (Å²) in [4.78, 5) is 0. The summed E-state index contributed by atoms with van der Waals surface area (Å²) in [6.45, 7) is 1.85. The Labute approximate surface area is 89.5 Å². The Bertz CT molecular complexity index is 445. The third kappa shape index (κ3) is 1.85. The lowest BCUT2D eigenvalue weighted by molar-refractivity contribution is 0.624. The van der Waals surface area contributed by atoms with Gasteiger partial charge in [0, 0.05) is 6.20 Å². The molecule has 2 aromatic rings. The molecule has 0 unspecified atom stereocenters. The van der Waals surface area contributed by atoms with Gasteiger partial charge in [-0.25, -0.2) is 9.07 Å². The summed E-state index contributed by atoms with van der Waals surface area (Å²) in [6.07, 6.45) is 3.45. The molecule has 0 aliphatic heterocycles. The highest BCUT2D eigenvalue weighted by molar-refractivity contribution is 9.10. The van der Waals surface area contributed by atoms with Gasteiger partial charge in [-0.2, -0.15) is 5.10 Å². The first kappa shape index (κ1) is 9.40. The molecule has 1 aromatic carbocycles. The van der Waals surface area contributed by atoms with Crippen LogP contribution in [0.15, 0.2) is 35.1 Å². The number of aromatic nitrogens is 2. The maximum Gasteiger partial charge on any atom is 0.125 e. The molecule has 2 nitrogen and oxygen atoms in total. The SMILES string of the molecule is Cc1cc(F)cc(-n2cc(Br)cn2)c1. The normalized spacial score (nSPS) is 10.5. The average Bonchev–Trinajstić information content (AvgIpc) is 2.50. The molecule has 1 aromatic heterocycles. The molecule has 0 spiro atoms. The highest BCUT2D eigenvalue weighted by Crippen LogP contribution is 2.15. The van der Waals surface area contributed by atoms with Gasteiger partial charge >= 0.3 is 0 Å². The zero-order chi connectivity index (χ0) is 10.1. The Kier molecular flexibility index (Phi) is 2.37. The standard InChI is InChI=1S/C10H8BrFN2/c1-7-2-9(12)4-10(3-7)14-6-8(11)5-13-14/h2-6H,1H3. The molecule has 1 heterocycles. The summed E-state index contributed by atoms with van der Waals surface area (Å²) in [5, 5.41) is 4.07. The van der Waals surface area contributed by atoms with Crippen molar-refractivity contribution in [1.82, 2.24) is 9.78 Å². The van der Waals surface area contributed by atoms with E-state index >= 15 is 0 Å². The summed E-state index contributed by atoms with van der Waals surface area (Å²) in [7, 11) is 0. The smallest absolute Gasteiger partial charge is 0.125 e. The molecular weight excluding hydrogens is 247 g/mol. The summed E-state index contributed by atoms with van der Waals surface area (Å²) in [6, 6.07) is 4.82. The van der Waals surface area contributed by atoms with Crippen LogP contribution < -0.4 is 0 Å². The molecule has 0 aliphatic rings. The summed E-state index contributed by atoms with van der Waals surface area (Å²) in [5.74, 6) is -0.244. The van der Waals surface area contributed by atoms with Crippen LogP contribution in [-0.2, 0) is 0 Å². The summed E-state index contributed by atoms with van der Waals surface area (Å²) < 4.78 is 15.6. The van der Waals surface area contributed by atoms with Crippen LogP contribution in [0.25, 0.3) is 5.69 Å². The molecule has 0 radical (unpaired) electrons. The molecule has 14 heavy (non-hydrogen) atoms. The van der Waals surface area contributed by atoms with Gasteiger partial charge in [0.2, 0.25) is 0 Å². The maximum absolute atomic E-state index is 13.1. The maximum atomic E-state index is 13.1. The van der Waals surface area contributed by atoms with E-state index in [4.69, 9.17) is 0 Å². The van der Waals surface area contributed by atoms with Crippen LogP contribution in [0.5, 0.6) is 0 Å². The highest BCUT2D eigenvalue weighted by Gasteiger charge is 2.01. The van der Waals surface area contributed by atoms with Crippen LogP contribution in [0.1, 0.15) is 5.56 Å². The predicted molar refractivity (Wildman–Crippen MR) is 56.0 cm³/mol. The van der Waals surface area contributed by atoms with Gasteiger partial charge in [-0.1, -0.05) is 0 Å². The van der Waals surface area contributed by atoms with Gasteiger partial charge in [-0.05, 0) is 46.6 Å². The number of aryl methyl sites for hydroxylation is 1. The molecule has 0 bridgehead atoms. The fraction of sp³-hybridized carbons (Fsp3) is 0.100. The molecule has 0 N–H and O–H groups in total. The van der Waals surface area contributed by atoms with Crippen molar-refractivity contribution in [3.8, 4) is 5.69 Å². The average molecular weight is 255 g/mol. The fourth-order valence-electron chi connectivity index (χ4n) is 1.29. The molecule has 0 saturated heterocycles. The monoisotopic (exact) mass is 254 g/mol. The van der Waals surface area contributed by atoms with Crippen molar-refractivity contribution in [1.29, 1.82) is 0 Å². The molecule has 0 saturated carbocycles. The number of hydrogen-bond donors (Lipinski definition) is 0. The minimum Gasteiger partial charge on any atom is -0.240 e. The third-order valence-corrected chi connectivity index (χ3v) is 2.25. The number of halogens is 2. The lowest BCUT2D eigenvalue weighted by atomic mass is 10.2. The van der Waals surface area contributed by atoms with Crippen molar-refractivity contribution in [2.24, 2.45) is 0 Å². The van der Waals surface area contributed by atoms with E-state index < -0.39 is 0 Å². The molecule has 0 atom stereocenters. The molecule has 4 heteroatoms. The van der Waals surface area contributed by atoms with E-state index in [1.165, 1.54) is 12.1 Å². The van der Waals surface area contributed by atoms with Crippen molar-refractivity contribution in [2.75, 3.05) is 0 Å². The van der Waals surface area contributed by atoms with E-state index in [1.54, 1.807) is 17.1 Å². The van der Waals surface area contributed by atoms with Crippen LogP contribution in [0.3, 0.4) is 0 Å². The summed E-state index contributed by atoms with van der Waals surface area (Å²) in [5.41, 5.74) is 1.61. The van der Waals surface area contributed by atoms with Crippen molar-refractivity contribution in [3.63, 3.8) is 0 Å². The van der Waals surface area contributed by atoms with Crippen LogP contribution >= 0.6 is 15.9 Å². The Balaban J connectivity index is 2.51. The molecular formula is C10H8BrFN2. The Hall–Kier alpha value is -1.16. The van der Waals surface area contributed by atoms with Crippen LogP contribution in [0, 0.1) is 12.7 Å². The number of nitrogens with zero attached hydrogens (tertiary/aromatic N) is 2. The highest BCUT2D eigenvalue weighted by atomic mass is 79.9. The van der Waals surface area contributed by atoms with E-state index in [9.17, 15) is 4.39 Å². The topological polar surface area (TPSA) is 17.8 Å². The van der Waals surface area contributed by atoms with Crippen LogP contribution in [0.2, 0.25) is 0 Å². The lowest BCUT2D eigenvalue weighted by Gasteiger charge is -2.02. The Morgan fingerprint density at radius 3 is 2.71 bits per heavy atom. The first-order valence-electron chi connectivity index (χ1n) is 4.13. The van der Waals surface area contributed by atoms with Gasteiger partial charge in [-0.3, -0.25) is 0 Å². The zero-order valence-corrected chi connectivity index (χ0v) is 9.12. The van der Waals surface area contributed by atoms with E-state index in [0.717, 1.165) is 15.7 Å². The van der Waals surface area contributed by atoms with E-state index in [2.05, 4.69) is 21.0 Å². The lowest BCUT2D eigenvalue weighted by Crippen LogP contribution is -1.95. The van der Waals surface area contributed by atoms with Gasteiger partial charge in [-0.15, -0.1) is 0 Å². The van der Waals surface area contributed by atoms with Gasteiger partial charge < -0.3 is 0 Å². The first-order chi connectivity index (χ1) is 6.65. The van der Waals surface area contributed by atoms with Crippen LogP contribution in [-0.4, -0.2) is 9.78 Å².